The molecule has 3 N–H and O–H groups in total. The molecule has 1 aliphatic rings. The van der Waals surface area contributed by atoms with Crippen molar-refractivity contribution in [3.05, 3.63) is 179 Å². The highest BCUT2D eigenvalue weighted by atomic mass is 32.2. The van der Waals surface area contributed by atoms with Crippen LogP contribution in [0.3, 0.4) is 0 Å². The van der Waals surface area contributed by atoms with Gasteiger partial charge in [0.1, 0.15) is 6.04 Å². The quantitative estimate of drug-likeness (QED) is 0.101. The van der Waals surface area contributed by atoms with Gasteiger partial charge in [-0.2, -0.15) is 4.72 Å². The third kappa shape index (κ3) is 9.73. The molecule has 6 aromatic rings. The summed E-state index contributed by atoms with van der Waals surface area (Å²) < 4.78 is 43.0. The van der Waals surface area contributed by atoms with Gasteiger partial charge in [-0.15, -0.1) is 0 Å². The van der Waals surface area contributed by atoms with Crippen LogP contribution < -0.4 is 10.0 Å². The molecule has 6 atom stereocenters. The van der Waals surface area contributed by atoms with Crippen LogP contribution in [0.25, 0.3) is 10.8 Å². The minimum atomic E-state index is -4.00. The van der Waals surface area contributed by atoms with Gasteiger partial charge in [0.15, 0.2) is 6.29 Å². The topological polar surface area (TPSA) is 117 Å². The maximum absolute atomic E-state index is 13.8. The maximum Gasteiger partial charge on any atom is 0.242 e. The first-order valence-electron chi connectivity index (χ1n) is 19.7. The molecule has 1 fully saturated rings. The zero-order valence-corrected chi connectivity index (χ0v) is 34.1. The molecule has 0 bridgehead atoms. The van der Waals surface area contributed by atoms with Crippen molar-refractivity contribution in [1.82, 2.24) is 9.62 Å². The monoisotopic (exact) mass is 797 g/mol. The van der Waals surface area contributed by atoms with Gasteiger partial charge in [0.25, 0.3) is 0 Å². The van der Waals surface area contributed by atoms with Gasteiger partial charge in [-0.05, 0) is 90.7 Å². The number of hydrogen-bond acceptors (Lipinski definition) is 7. The van der Waals surface area contributed by atoms with E-state index in [1.54, 1.807) is 24.3 Å². The van der Waals surface area contributed by atoms with Crippen molar-refractivity contribution in [3.8, 4) is 0 Å². The number of aryl methyl sites for hydroxylation is 1. The molecular formula is C48H51N3O6S. The second kappa shape index (κ2) is 18.2. The van der Waals surface area contributed by atoms with E-state index in [2.05, 4.69) is 78.3 Å². The Morgan fingerprint density at radius 2 is 1.43 bits per heavy atom. The van der Waals surface area contributed by atoms with E-state index < -0.39 is 28.3 Å². The smallest absolute Gasteiger partial charge is 0.242 e. The van der Waals surface area contributed by atoms with Crippen molar-refractivity contribution in [2.45, 2.75) is 69.3 Å². The Labute approximate surface area is 341 Å². The lowest BCUT2D eigenvalue weighted by Crippen LogP contribution is -2.45. The Morgan fingerprint density at radius 1 is 0.776 bits per heavy atom. The summed E-state index contributed by atoms with van der Waals surface area (Å²) in [5, 5.41) is 15.0. The molecule has 6 aromatic carbocycles. The Morgan fingerprint density at radius 3 is 2.12 bits per heavy atom. The number of sulfonamides is 1. The second-order valence-electron chi connectivity index (χ2n) is 15.3. The number of ether oxygens (including phenoxy) is 2. The minimum absolute atomic E-state index is 0.00808. The van der Waals surface area contributed by atoms with Gasteiger partial charge in [0.2, 0.25) is 15.9 Å². The van der Waals surface area contributed by atoms with Gasteiger partial charge in [-0.1, -0.05) is 128 Å². The van der Waals surface area contributed by atoms with Crippen LogP contribution >= 0.6 is 0 Å². The highest BCUT2D eigenvalue weighted by Gasteiger charge is 2.39. The SMILES string of the molecule is Cc1ccc(S(=O)(=O)N[C@H](Cc2ccccc2)C(=O)Nc2ccc([C@@H]3O[C@H](CN(C)[C@H](C)c4ccc5ccccc5c4)[C@H](C)[C@H](c4ccc(CO)cc4)O3)cc2)cc1. The van der Waals surface area contributed by atoms with Crippen molar-refractivity contribution in [1.29, 1.82) is 0 Å². The Hall–Kier alpha value is -5.20. The number of benzene rings is 6. The number of hydrogen-bond donors (Lipinski definition) is 3. The molecule has 0 unspecified atom stereocenters. The van der Waals surface area contributed by atoms with Crippen LogP contribution in [0, 0.1) is 12.8 Å². The lowest BCUT2D eigenvalue weighted by Gasteiger charge is -2.43. The van der Waals surface area contributed by atoms with E-state index in [0.717, 1.165) is 27.8 Å². The first-order valence-corrected chi connectivity index (χ1v) is 21.2. The average Bonchev–Trinajstić information content (AvgIpc) is 3.24. The van der Waals surface area contributed by atoms with E-state index in [1.807, 2.05) is 73.7 Å². The number of likely N-dealkylation sites (N-methyl/N-ethyl adjacent to an activating group) is 1. The molecule has 0 saturated carbocycles. The molecule has 9 nitrogen and oxygen atoms in total. The minimum Gasteiger partial charge on any atom is -0.392 e. The molecule has 0 radical (unpaired) electrons. The van der Waals surface area contributed by atoms with Gasteiger partial charge >= 0.3 is 0 Å². The number of fused-ring (bicyclic) bond motifs is 1. The predicted molar refractivity (Wildman–Crippen MR) is 228 cm³/mol. The number of carbonyl (C=O) groups excluding carboxylic acids is 1. The van der Waals surface area contributed by atoms with Crippen LogP contribution in [0.1, 0.15) is 65.7 Å². The Balaban J connectivity index is 1.09. The normalized spacial score (nSPS) is 19.5. The highest BCUT2D eigenvalue weighted by Crippen LogP contribution is 2.42. The summed E-state index contributed by atoms with van der Waals surface area (Å²) in [5.74, 6) is -0.493. The molecule has 1 aliphatic heterocycles. The Kier molecular flexibility index (Phi) is 12.8. The summed E-state index contributed by atoms with van der Waals surface area (Å²) in [4.78, 5) is 16.2. The molecule has 300 valence electrons. The van der Waals surface area contributed by atoms with Gasteiger partial charge in [0, 0.05) is 29.8 Å². The summed E-state index contributed by atoms with van der Waals surface area (Å²) >= 11 is 0. The van der Waals surface area contributed by atoms with Crippen LogP contribution in [-0.2, 0) is 37.3 Å². The van der Waals surface area contributed by atoms with Crippen LogP contribution in [-0.4, -0.2) is 50.1 Å². The van der Waals surface area contributed by atoms with E-state index >= 15 is 0 Å². The van der Waals surface area contributed by atoms with Gasteiger partial charge < -0.3 is 19.9 Å². The highest BCUT2D eigenvalue weighted by molar-refractivity contribution is 7.89. The van der Waals surface area contributed by atoms with Crippen LogP contribution in [0.5, 0.6) is 0 Å². The zero-order valence-electron chi connectivity index (χ0n) is 33.3. The molecule has 1 heterocycles. The van der Waals surface area contributed by atoms with E-state index in [-0.39, 0.29) is 42.1 Å². The summed E-state index contributed by atoms with van der Waals surface area (Å²) in [6.45, 7) is 6.85. The lowest BCUT2D eigenvalue weighted by molar-refractivity contribution is -0.276. The fraction of sp³-hybridized carbons (Fsp3) is 0.271. The van der Waals surface area contributed by atoms with Crippen LogP contribution in [0.4, 0.5) is 5.69 Å². The summed E-state index contributed by atoms with van der Waals surface area (Å²) in [6, 6.07) is 45.0. The van der Waals surface area contributed by atoms with Crippen molar-refractivity contribution in [2.24, 2.45) is 5.92 Å². The van der Waals surface area contributed by atoms with E-state index in [0.29, 0.717) is 12.2 Å². The number of rotatable bonds is 14. The number of anilines is 1. The van der Waals surface area contributed by atoms with Crippen molar-refractivity contribution in [2.75, 3.05) is 18.9 Å². The fourth-order valence-electron chi connectivity index (χ4n) is 7.46. The number of aliphatic hydroxyl groups is 1. The van der Waals surface area contributed by atoms with E-state index in [1.165, 1.54) is 28.5 Å². The number of nitrogens with zero attached hydrogens (tertiary/aromatic N) is 1. The number of carbonyl (C=O) groups is 1. The van der Waals surface area contributed by atoms with E-state index in [4.69, 9.17) is 9.47 Å². The molecule has 0 spiro atoms. The zero-order chi connectivity index (χ0) is 40.8. The second-order valence-corrected chi connectivity index (χ2v) is 17.0. The predicted octanol–water partition coefficient (Wildman–Crippen LogP) is 8.65. The lowest BCUT2D eigenvalue weighted by atomic mass is 9.89. The number of aliphatic hydroxyl groups excluding tert-OH is 1. The third-order valence-electron chi connectivity index (χ3n) is 11.2. The van der Waals surface area contributed by atoms with Crippen LogP contribution in [0.2, 0.25) is 0 Å². The molecule has 10 heteroatoms. The number of nitrogens with one attached hydrogen (secondary N) is 2. The van der Waals surface area contributed by atoms with Crippen LogP contribution in [0.15, 0.2) is 150 Å². The number of amides is 1. The summed E-state index contributed by atoms with van der Waals surface area (Å²) in [6.07, 6.45) is -1.03. The summed E-state index contributed by atoms with van der Waals surface area (Å²) in [5.41, 5.74) is 6.07. The van der Waals surface area contributed by atoms with Gasteiger partial charge in [0.05, 0.1) is 23.7 Å². The van der Waals surface area contributed by atoms with E-state index in [9.17, 15) is 18.3 Å². The molecule has 0 aliphatic carbocycles. The molecule has 7 rings (SSSR count). The molecule has 58 heavy (non-hydrogen) atoms. The standard InChI is InChI=1S/C48H51N3O6S/c1-32-14-26-43(27-15-32)58(54,55)50-44(28-35-10-6-5-7-11-35)47(53)49-42-24-22-39(23-25-42)48-56-45(33(2)46(57-48)38-18-16-36(31-52)17-19-38)30-51(4)34(3)40-21-20-37-12-8-9-13-41(37)29-40/h5-27,29,33-34,44-46,48,50,52H,28,30-31H2,1-4H3,(H,49,53)/t33-,34+,44+,45+,46+,48+/m0/s1. The van der Waals surface area contributed by atoms with Gasteiger partial charge in [-0.3, -0.25) is 9.69 Å². The molecule has 1 amide bonds. The van der Waals surface area contributed by atoms with Crippen molar-refractivity contribution < 1.29 is 27.8 Å². The largest absolute Gasteiger partial charge is 0.392 e. The molecular weight excluding hydrogens is 747 g/mol. The maximum atomic E-state index is 13.8. The molecule has 0 aromatic heterocycles. The van der Waals surface area contributed by atoms with Crippen molar-refractivity contribution >= 4 is 32.4 Å². The molecule has 1 saturated heterocycles. The fourth-order valence-corrected chi connectivity index (χ4v) is 8.65. The Bertz CT molecular complexity index is 2410. The van der Waals surface area contributed by atoms with Crippen molar-refractivity contribution in [3.63, 3.8) is 0 Å². The first kappa shape index (κ1) is 41.0. The summed E-state index contributed by atoms with van der Waals surface area (Å²) in [7, 11) is -1.88. The van der Waals surface area contributed by atoms with Gasteiger partial charge in [-0.25, -0.2) is 8.42 Å². The average molecular weight is 798 g/mol. The third-order valence-corrected chi connectivity index (χ3v) is 12.7. The first-order chi connectivity index (χ1) is 28.0.